The van der Waals surface area contributed by atoms with Gasteiger partial charge >= 0.3 is 6.03 Å². The minimum absolute atomic E-state index is 0.271. The van der Waals surface area contributed by atoms with Crippen LogP contribution in [0.3, 0.4) is 0 Å². The van der Waals surface area contributed by atoms with E-state index in [1.807, 2.05) is 0 Å². The van der Waals surface area contributed by atoms with Gasteiger partial charge in [-0.1, -0.05) is 0 Å². The van der Waals surface area contributed by atoms with Gasteiger partial charge in [0.2, 0.25) is 0 Å². The molecule has 0 unspecified atom stereocenters. The summed E-state index contributed by atoms with van der Waals surface area (Å²) in [6.07, 6.45) is 0.624. The summed E-state index contributed by atoms with van der Waals surface area (Å²) in [5.41, 5.74) is 0.271. The lowest BCUT2D eigenvalue weighted by molar-refractivity contribution is 0.112. The highest BCUT2D eigenvalue weighted by Crippen LogP contribution is 2.19. The van der Waals surface area contributed by atoms with E-state index in [0.717, 1.165) is 0 Å². The SMILES string of the molecule is CCN(C(=O)NC)c1nc(Br)[nH]c1C=O. The first kappa shape index (κ1) is 11.7. The number of aromatic amines is 1. The van der Waals surface area contributed by atoms with E-state index in [9.17, 15) is 9.59 Å². The first-order chi connectivity index (χ1) is 7.13. The Labute approximate surface area is 95.2 Å². The number of rotatable bonds is 3. The highest BCUT2D eigenvalue weighted by molar-refractivity contribution is 9.10. The molecule has 0 atom stereocenters. The summed E-state index contributed by atoms with van der Waals surface area (Å²) in [6, 6.07) is -0.306. The Kier molecular flexibility index (Phi) is 3.84. The number of hydrogen-bond donors (Lipinski definition) is 2. The van der Waals surface area contributed by atoms with Gasteiger partial charge < -0.3 is 10.3 Å². The zero-order valence-corrected chi connectivity index (χ0v) is 9.96. The molecule has 0 bridgehead atoms. The molecule has 82 valence electrons. The van der Waals surface area contributed by atoms with Crippen LogP contribution in [0.4, 0.5) is 10.6 Å². The smallest absolute Gasteiger partial charge is 0.322 e. The van der Waals surface area contributed by atoms with Crippen molar-refractivity contribution >= 4 is 34.1 Å². The number of amides is 2. The molecular formula is C8H11BrN4O2. The molecule has 1 aromatic rings. The van der Waals surface area contributed by atoms with Crippen LogP contribution in [0, 0.1) is 0 Å². The van der Waals surface area contributed by atoms with Crippen LogP contribution in [0.2, 0.25) is 0 Å². The maximum atomic E-state index is 11.5. The van der Waals surface area contributed by atoms with Gasteiger partial charge in [-0.05, 0) is 22.9 Å². The summed E-state index contributed by atoms with van der Waals surface area (Å²) in [7, 11) is 1.52. The van der Waals surface area contributed by atoms with Crippen LogP contribution in [-0.4, -0.2) is 35.9 Å². The number of anilines is 1. The van der Waals surface area contributed by atoms with Gasteiger partial charge in [-0.2, -0.15) is 0 Å². The molecule has 0 aliphatic rings. The second-order valence-electron chi connectivity index (χ2n) is 2.68. The molecule has 1 aromatic heterocycles. The normalized spacial score (nSPS) is 9.80. The van der Waals surface area contributed by atoms with Gasteiger partial charge in [0.1, 0.15) is 5.69 Å². The number of carbonyl (C=O) groups excluding carboxylic acids is 2. The maximum absolute atomic E-state index is 11.5. The van der Waals surface area contributed by atoms with Crippen molar-refractivity contribution in [3.63, 3.8) is 0 Å². The molecule has 0 radical (unpaired) electrons. The average molecular weight is 275 g/mol. The van der Waals surface area contributed by atoms with Crippen molar-refractivity contribution in [2.24, 2.45) is 0 Å². The molecule has 1 rings (SSSR count). The van der Waals surface area contributed by atoms with Gasteiger partial charge in [0.05, 0.1) is 0 Å². The van der Waals surface area contributed by atoms with E-state index in [4.69, 9.17) is 0 Å². The molecular weight excluding hydrogens is 264 g/mol. The minimum atomic E-state index is -0.306. The third-order valence-corrected chi connectivity index (χ3v) is 2.21. The predicted molar refractivity (Wildman–Crippen MR) is 59.2 cm³/mol. The number of halogens is 1. The van der Waals surface area contributed by atoms with Crippen molar-refractivity contribution in [3.8, 4) is 0 Å². The minimum Gasteiger partial charge on any atom is -0.341 e. The van der Waals surface area contributed by atoms with Crippen molar-refractivity contribution in [1.29, 1.82) is 0 Å². The Morgan fingerprint density at radius 3 is 2.87 bits per heavy atom. The summed E-state index contributed by atoms with van der Waals surface area (Å²) in [4.78, 5) is 30.3. The van der Waals surface area contributed by atoms with Crippen LogP contribution in [0.1, 0.15) is 17.4 Å². The van der Waals surface area contributed by atoms with Crippen LogP contribution in [-0.2, 0) is 0 Å². The number of imidazole rings is 1. The fraction of sp³-hybridized carbons (Fsp3) is 0.375. The van der Waals surface area contributed by atoms with E-state index in [0.29, 0.717) is 23.4 Å². The Morgan fingerprint density at radius 1 is 1.73 bits per heavy atom. The fourth-order valence-corrected chi connectivity index (χ4v) is 1.54. The molecule has 0 aliphatic heterocycles. The number of nitrogens with zero attached hydrogens (tertiary/aromatic N) is 2. The number of hydrogen-bond acceptors (Lipinski definition) is 3. The van der Waals surface area contributed by atoms with E-state index >= 15 is 0 Å². The number of aldehydes is 1. The lowest BCUT2D eigenvalue weighted by Crippen LogP contribution is -2.38. The maximum Gasteiger partial charge on any atom is 0.322 e. The van der Waals surface area contributed by atoms with Crippen molar-refractivity contribution in [2.45, 2.75) is 6.92 Å². The highest BCUT2D eigenvalue weighted by Gasteiger charge is 2.19. The second-order valence-corrected chi connectivity index (χ2v) is 3.43. The van der Waals surface area contributed by atoms with Crippen LogP contribution in [0.5, 0.6) is 0 Å². The Balaban J connectivity index is 3.10. The molecule has 15 heavy (non-hydrogen) atoms. The monoisotopic (exact) mass is 274 g/mol. The third kappa shape index (κ3) is 2.35. The van der Waals surface area contributed by atoms with Gasteiger partial charge in [-0.15, -0.1) is 0 Å². The summed E-state index contributed by atoms with van der Waals surface area (Å²) in [6.45, 7) is 2.23. The molecule has 0 saturated heterocycles. The quantitative estimate of drug-likeness (QED) is 0.812. The van der Waals surface area contributed by atoms with E-state index < -0.39 is 0 Å². The van der Waals surface area contributed by atoms with E-state index in [1.54, 1.807) is 6.92 Å². The van der Waals surface area contributed by atoms with E-state index in [2.05, 4.69) is 31.2 Å². The number of urea groups is 1. The van der Waals surface area contributed by atoms with Crippen LogP contribution in [0.25, 0.3) is 0 Å². The average Bonchev–Trinajstić information content (AvgIpc) is 2.60. The first-order valence-corrected chi connectivity index (χ1v) is 5.13. The Bertz CT molecular complexity index is 377. The number of carbonyl (C=O) groups is 2. The van der Waals surface area contributed by atoms with Gasteiger partial charge in [0, 0.05) is 13.6 Å². The standard InChI is InChI=1S/C8H11BrN4O2/c1-3-13(8(15)10-2)6-5(4-14)11-7(9)12-6/h4H,3H2,1-2H3,(H,10,15)(H,11,12). The van der Waals surface area contributed by atoms with Crippen LogP contribution < -0.4 is 10.2 Å². The zero-order chi connectivity index (χ0) is 11.4. The molecule has 2 N–H and O–H groups in total. The van der Waals surface area contributed by atoms with Crippen molar-refractivity contribution < 1.29 is 9.59 Å². The van der Waals surface area contributed by atoms with Crippen molar-refractivity contribution in [2.75, 3.05) is 18.5 Å². The molecule has 7 heteroatoms. The number of aromatic nitrogens is 2. The summed E-state index contributed by atoms with van der Waals surface area (Å²) in [5.74, 6) is 0.318. The van der Waals surface area contributed by atoms with Crippen LogP contribution in [0.15, 0.2) is 4.73 Å². The molecule has 0 spiro atoms. The Hall–Kier alpha value is -1.37. The fourth-order valence-electron chi connectivity index (χ4n) is 1.16. The predicted octanol–water partition coefficient (Wildman–Crippen LogP) is 1.15. The third-order valence-electron chi connectivity index (χ3n) is 1.83. The summed E-state index contributed by atoms with van der Waals surface area (Å²) >= 11 is 3.11. The molecule has 6 nitrogen and oxygen atoms in total. The number of nitrogens with one attached hydrogen (secondary N) is 2. The number of H-pyrrole nitrogens is 1. The molecule has 1 heterocycles. The topological polar surface area (TPSA) is 78.1 Å². The summed E-state index contributed by atoms with van der Waals surface area (Å²) < 4.78 is 0.418. The molecule has 0 aromatic carbocycles. The van der Waals surface area contributed by atoms with E-state index in [1.165, 1.54) is 11.9 Å². The lowest BCUT2D eigenvalue weighted by atomic mass is 10.4. The Morgan fingerprint density at radius 2 is 2.40 bits per heavy atom. The molecule has 0 saturated carbocycles. The van der Waals surface area contributed by atoms with E-state index in [-0.39, 0.29) is 11.7 Å². The van der Waals surface area contributed by atoms with Gasteiger partial charge in [-0.25, -0.2) is 9.78 Å². The van der Waals surface area contributed by atoms with Crippen LogP contribution >= 0.6 is 15.9 Å². The van der Waals surface area contributed by atoms with Crippen molar-refractivity contribution in [3.05, 3.63) is 10.4 Å². The van der Waals surface area contributed by atoms with Gasteiger partial charge in [0.25, 0.3) is 0 Å². The molecule has 0 aliphatic carbocycles. The largest absolute Gasteiger partial charge is 0.341 e. The van der Waals surface area contributed by atoms with Gasteiger partial charge in [0.15, 0.2) is 16.8 Å². The summed E-state index contributed by atoms with van der Waals surface area (Å²) in [5, 5.41) is 2.48. The highest BCUT2D eigenvalue weighted by atomic mass is 79.9. The zero-order valence-electron chi connectivity index (χ0n) is 8.37. The molecule has 0 fully saturated rings. The van der Waals surface area contributed by atoms with Gasteiger partial charge in [-0.3, -0.25) is 9.69 Å². The second kappa shape index (κ2) is 4.92. The first-order valence-electron chi connectivity index (χ1n) is 4.34. The van der Waals surface area contributed by atoms with Crippen molar-refractivity contribution in [1.82, 2.24) is 15.3 Å². The molecule has 2 amide bonds. The lowest BCUT2D eigenvalue weighted by Gasteiger charge is -2.17.